The number of nitrogens with one attached hydrogen (secondary N) is 1. The van der Waals surface area contributed by atoms with E-state index >= 15 is 0 Å². The normalized spacial score (nSPS) is 11.3. The van der Waals surface area contributed by atoms with Crippen LogP contribution in [-0.2, 0) is 10.0 Å². The molecule has 0 bridgehead atoms. The van der Waals surface area contributed by atoms with Gasteiger partial charge >= 0.3 is 5.97 Å². The second-order valence-electron chi connectivity index (χ2n) is 3.83. The molecule has 0 amide bonds. The van der Waals surface area contributed by atoms with E-state index in [0.29, 0.717) is 11.5 Å². The van der Waals surface area contributed by atoms with E-state index in [9.17, 15) is 13.2 Å². The highest BCUT2D eigenvalue weighted by atomic mass is 35.5. The molecule has 0 aliphatic carbocycles. The molecular formula is C12H13Cl2NO4S2. The lowest BCUT2D eigenvalue weighted by Gasteiger charge is -2.10. The summed E-state index contributed by atoms with van der Waals surface area (Å²) in [5, 5.41) is 8.72. The van der Waals surface area contributed by atoms with E-state index in [-0.39, 0.29) is 27.0 Å². The Morgan fingerprint density at radius 1 is 1.38 bits per heavy atom. The van der Waals surface area contributed by atoms with E-state index < -0.39 is 16.0 Å². The molecule has 5 nitrogen and oxygen atoms in total. The Bertz CT molecular complexity index is 647. The van der Waals surface area contributed by atoms with Crippen molar-refractivity contribution < 1.29 is 18.3 Å². The second kappa shape index (κ2) is 8.05. The van der Waals surface area contributed by atoms with Gasteiger partial charge in [-0.15, -0.1) is 6.58 Å². The first-order chi connectivity index (χ1) is 9.79. The highest BCUT2D eigenvalue weighted by Crippen LogP contribution is 2.28. The Morgan fingerprint density at radius 2 is 2.05 bits per heavy atom. The summed E-state index contributed by atoms with van der Waals surface area (Å²) in [5.41, 5.74) is -0.317. The summed E-state index contributed by atoms with van der Waals surface area (Å²) < 4.78 is 26.6. The maximum Gasteiger partial charge on any atom is 0.337 e. The lowest BCUT2D eigenvalue weighted by atomic mass is 10.2. The molecule has 0 saturated carbocycles. The summed E-state index contributed by atoms with van der Waals surface area (Å²) in [6.07, 6.45) is 1.72. The van der Waals surface area contributed by atoms with Crippen molar-refractivity contribution in [3.05, 3.63) is 40.4 Å². The van der Waals surface area contributed by atoms with Crippen molar-refractivity contribution >= 4 is 51.0 Å². The van der Waals surface area contributed by atoms with E-state index in [1.54, 1.807) is 6.08 Å². The number of thioether (sulfide) groups is 1. The van der Waals surface area contributed by atoms with Gasteiger partial charge in [0.25, 0.3) is 0 Å². The van der Waals surface area contributed by atoms with Gasteiger partial charge in [0, 0.05) is 18.1 Å². The molecule has 0 aliphatic heterocycles. The van der Waals surface area contributed by atoms with Crippen molar-refractivity contribution in [2.24, 2.45) is 0 Å². The molecule has 0 aliphatic rings. The van der Waals surface area contributed by atoms with Gasteiger partial charge in [0.05, 0.1) is 15.6 Å². The Kier molecular flexibility index (Phi) is 7.02. The molecule has 0 atom stereocenters. The van der Waals surface area contributed by atoms with Crippen molar-refractivity contribution in [1.29, 1.82) is 0 Å². The van der Waals surface area contributed by atoms with Crippen molar-refractivity contribution in [1.82, 2.24) is 4.72 Å². The summed E-state index contributed by atoms with van der Waals surface area (Å²) >= 11 is 13.1. The maximum absolute atomic E-state index is 12.1. The summed E-state index contributed by atoms with van der Waals surface area (Å²) in [6, 6.07) is 2.06. The average Bonchev–Trinajstić information content (AvgIpc) is 2.37. The van der Waals surface area contributed by atoms with Crippen LogP contribution in [0.3, 0.4) is 0 Å². The molecule has 0 heterocycles. The number of aromatic carboxylic acids is 1. The van der Waals surface area contributed by atoms with Gasteiger partial charge in [0.2, 0.25) is 10.0 Å². The lowest BCUT2D eigenvalue weighted by Crippen LogP contribution is -2.26. The van der Waals surface area contributed by atoms with Gasteiger partial charge in [0.15, 0.2) is 0 Å². The number of carbonyl (C=O) groups is 1. The minimum atomic E-state index is -3.89. The fraction of sp³-hybridized carbons (Fsp3) is 0.250. The zero-order valence-electron chi connectivity index (χ0n) is 10.8. The van der Waals surface area contributed by atoms with Crippen LogP contribution in [-0.4, -0.2) is 37.5 Å². The molecule has 1 rings (SSSR count). The monoisotopic (exact) mass is 369 g/mol. The number of hydrogen-bond donors (Lipinski definition) is 2. The van der Waals surface area contributed by atoms with E-state index in [4.69, 9.17) is 28.3 Å². The van der Waals surface area contributed by atoms with Crippen LogP contribution in [0.5, 0.6) is 0 Å². The smallest absolute Gasteiger partial charge is 0.337 e. The summed E-state index contributed by atoms with van der Waals surface area (Å²) in [6.45, 7) is 3.75. The number of hydrogen-bond acceptors (Lipinski definition) is 4. The van der Waals surface area contributed by atoms with Crippen LogP contribution in [0.1, 0.15) is 10.4 Å². The summed E-state index contributed by atoms with van der Waals surface area (Å²) in [5.74, 6) is -0.0517. The summed E-state index contributed by atoms with van der Waals surface area (Å²) in [7, 11) is -3.89. The third kappa shape index (κ3) is 5.19. The van der Waals surface area contributed by atoms with Gasteiger partial charge in [-0.05, 0) is 12.1 Å². The van der Waals surface area contributed by atoms with Crippen molar-refractivity contribution in [2.45, 2.75) is 4.90 Å². The first kappa shape index (κ1) is 18.3. The quantitative estimate of drug-likeness (QED) is 0.543. The fourth-order valence-corrected chi connectivity index (χ4v) is 3.98. The van der Waals surface area contributed by atoms with Crippen LogP contribution < -0.4 is 4.72 Å². The first-order valence-electron chi connectivity index (χ1n) is 5.70. The molecule has 0 unspecified atom stereocenters. The van der Waals surface area contributed by atoms with Gasteiger partial charge < -0.3 is 5.11 Å². The standard InChI is InChI=1S/C12H13Cl2NO4S2/c1-2-4-20-5-3-15-21(18,19)11-6-8(12(16)17)9(13)7-10(11)14/h2,6-7,15H,1,3-5H2,(H,16,17). The molecule has 21 heavy (non-hydrogen) atoms. The van der Waals surface area contributed by atoms with Crippen molar-refractivity contribution in [3.8, 4) is 0 Å². The number of rotatable bonds is 8. The molecule has 9 heteroatoms. The molecule has 0 saturated heterocycles. The molecule has 2 N–H and O–H groups in total. The van der Waals surface area contributed by atoms with E-state index in [1.165, 1.54) is 11.8 Å². The molecule has 1 aromatic carbocycles. The molecule has 0 radical (unpaired) electrons. The lowest BCUT2D eigenvalue weighted by molar-refractivity contribution is 0.0697. The molecular weight excluding hydrogens is 357 g/mol. The van der Waals surface area contributed by atoms with E-state index in [2.05, 4.69) is 11.3 Å². The van der Waals surface area contributed by atoms with Gasteiger partial charge in [-0.25, -0.2) is 17.9 Å². The number of carboxylic acid groups (broad SMARTS) is 1. The predicted octanol–water partition coefficient (Wildman–Crippen LogP) is 2.89. The van der Waals surface area contributed by atoms with Gasteiger partial charge in [-0.3, -0.25) is 0 Å². The van der Waals surface area contributed by atoms with Crippen molar-refractivity contribution in [3.63, 3.8) is 0 Å². The third-order valence-electron chi connectivity index (χ3n) is 2.32. The highest BCUT2D eigenvalue weighted by molar-refractivity contribution is 7.99. The number of carboxylic acids is 1. The number of sulfonamides is 1. The van der Waals surface area contributed by atoms with Crippen LogP contribution in [0.25, 0.3) is 0 Å². The van der Waals surface area contributed by atoms with Gasteiger partial charge in [-0.2, -0.15) is 11.8 Å². The summed E-state index contributed by atoms with van der Waals surface area (Å²) in [4.78, 5) is 10.7. The van der Waals surface area contributed by atoms with E-state index in [1.807, 2.05) is 0 Å². The second-order valence-corrected chi connectivity index (χ2v) is 7.53. The molecule has 1 aromatic rings. The molecule has 116 valence electrons. The minimum Gasteiger partial charge on any atom is -0.478 e. The van der Waals surface area contributed by atoms with Crippen LogP contribution in [0.4, 0.5) is 0 Å². The van der Waals surface area contributed by atoms with Crippen LogP contribution in [0.2, 0.25) is 10.0 Å². The third-order valence-corrected chi connectivity index (χ3v) is 5.52. The SMILES string of the molecule is C=CCSCCNS(=O)(=O)c1cc(C(=O)O)c(Cl)cc1Cl. The Balaban J connectivity index is 2.95. The molecule has 0 spiro atoms. The predicted molar refractivity (Wildman–Crippen MR) is 86.1 cm³/mol. The van der Waals surface area contributed by atoms with Crippen LogP contribution in [0.15, 0.2) is 29.7 Å². The van der Waals surface area contributed by atoms with Gasteiger partial charge in [0.1, 0.15) is 4.90 Å². The van der Waals surface area contributed by atoms with Gasteiger partial charge in [-0.1, -0.05) is 29.3 Å². The Labute approximate surface area is 137 Å². The highest BCUT2D eigenvalue weighted by Gasteiger charge is 2.22. The Hall–Kier alpha value is -0.730. The van der Waals surface area contributed by atoms with E-state index in [0.717, 1.165) is 12.1 Å². The number of halogens is 2. The first-order valence-corrected chi connectivity index (χ1v) is 9.09. The molecule has 0 fully saturated rings. The van der Waals surface area contributed by atoms with Crippen molar-refractivity contribution in [2.75, 3.05) is 18.1 Å². The zero-order chi connectivity index (χ0) is 16.0. The zero-order valence-corrected chi connectivity index (χ0v) is 13.9. The largest absolute Gasteiger partial charge is 0.478 e. The topological polar surface area (TPSA) is 83.5 Å². The number of benzene rings is 1. The Morgan fingerprint density at radius 3 is 2.62 bits per heavy atom. The maximum atomic E-state index is 12.1. The van der Waals surface area contributed by atoms with Crippen LogP contribution in [0, 0.1) is 0 Å². The minimum absolute atomic E-state index is 0.118. The molecule has 0 aromatic heterocycles. The average molecular weight is 370 g/mol. The fourth-order valence-electron chi connectivity index (χ4n) is 1.39. The van der Waals surface area contributed by atoms with Crippen LogP contribution >= 0.6 is 35.0 Å².